The smallest absolute Gasteiger partial charge is 0.194 e. The minimum Gasteiger partial charge on any atom is -0.194 e. The first-order chi connectivity index (χ1) is 17.1. The number of hydrogen-bond donors (Lipinski definition) is 0. The summed E-state index contributed by atoms with van der Waals surface area (Å²) in [4.78, 5) is 1.02. The Morgan fingerprint density at radius 3 is 1.22 bits per heavy atom. The summed E-state index contributed by atoms with van der Waals surface area (Å²) < 4.78 is 88.6. The summed E-state index contributed by atoms with van der Waals surface area (Å²) >= 11 is 14.4. The number of hydrogen-bond acceptors (Lipinski definition) is 2. The van der Waals surface area contributed by atoms with Crippen molar-refractivity contribution >= 4 is 56.5 Å². The molecular weight excluding hydrogens is 573 g/mol. The highest BCUT2D eigenvalue weighted by Crippen LogP contribution is 2.75. The van der Waals surface area contributed by atoms with Crippen molar-refractivity contribution in [2.24, 2.45) is 0 Å². The van der Waals surface area contributed by atoms with Crippen LogP contribution < -0.4 is 0 Å². The van der Waals surface area contributed by atoms with Crippen LogP contribution in [0.5, 0.6) is 0 Å². The zero-order valence-electron chi connectivity index (χ0n) is 19.1. The molecule has 2 heterocycles. The highest BCUT2D eigenvalue weighted by molar-refractivity contribution is 8.14. The third kappa shape index (κ3) is 3.10. The van der Waals surface area contributed by atoms with Gasteiger partial charge in [-0.15, -0.1) is 23.5 Å². The normalized spacial score (nSPS) is 30.6. The Hall–Kier alpha value is -1.74. The van der Waals surface area contributed by atoms with Crippen molar-refractivity contribution in [2.45, 2.75) is 41.1 Å². The summed E-state index contributed by atoms with van der Waals surface area (Å²) in [7, 11) is 0. The number of benzene rings is 2. The molecule has 1 saturated carbocycles. The van der Waals surface area contributed by atoms with E-state index in [1.54, 1.807) is 62.4 Å². The number of rotatable bonds is 2. The second kappa shape index (κ2) is 7.68. The molecule has 2 aliphatic heterocycles. The van der Waals surface area contributed by atoms with Crippen molar-refractivity contribution in [1.29, 1.82) is 0 Å². The number of thioether (sulfide) groups is 2. The Labute approximate surface area is 227 Å². The van der Waals surface area contributed by atoms with Crippen molar-refractivity contribution < 1.29 is 26.3 Å². The first-order valence-electron chi connectivity index (χ1n) is 11.1. The van der Waals surface area contributed by atoms with Crippen molar-refractivity contribution in [3.63, 3.8) is 0 Å². The topological polar surface area (TPSA) is 0 Å². The van der Waals surface area contributed by atoms with Crippen LogP contribution in [0, 0.1) is 0 Å². The van der Waals surface area contributed by atoms with E-state index < -0.39 is 38.4 Å². The molecule has 2 aromatic rings. The summed E-state index contributed by atoms with van der Waals surface area (Å²) in [6, 6.07) is 13.2. The Balaban J connectivity index is 1.65. The maximum atomic E-state index is 15.4. The summed E-state index contributed by atoms with van der Waals surface area (Å²) in [5.41, 5.74) is -1.71. The van der Waals surface area contributed by atoms with Gasteiger partial charge in [0, 0.05) is 31.0 Å². The Kier molecular flexibility index (Phi) is 5.30. The highest BCUT2D eigenvalue weighted by atomic mass is 35.5. The molecule has 2 aliphatic carbocycles. The molecule has 2 unspecified atom stereocenters. The van der Waals surface area contributed by atoms with Crippen molar-refractivity contribution in [3.05, 3.63) is 104 Å². The summed E-state index contributed by atoms with van der Waals surface area (Å²) in [5, 5.41) is 0.918. The van der Waals surface area contributed by atoms with Crippen molar-refractivity contribution in [2.75, 3.05) is 0 Å². The Morgan fingerprint density at radius 2 is 0.892 bits per heavy atom. The number of halogens is 8. The molecule has 0 N–H and O–H groups in total. The minimum atomic E-state index is -5.58. The van der Waals surface area contributed by atoms with Crippen molar-refractivity contribution in [3.8, 4) is 0 Å². The molecule has 192 valence electrons. The number of allylic oxidation sites excluding steroid dienone is 4. The van der Waals surface area contributed by atoms with E-state index in [2.05, 4.69) is 0 Å². The SMILES string of the molecule is CC12SC(c3ccc(Cl)cc3)=CC1=C1C(=C3C=C(c4ccc(Cl)cc4)SC32C)C(F)(F)C(F)(F)C1(F)F. The second-order valence-electron chi connectivity index (χ2n) is 9.60. The molecule has 10 heteroatoms. The van der Waals surface area contributed by atoms with E-state index in [4.69, 9.17) is 23.2 Å². The summed E-state index contributed by atoms with van der Waals surface area (Å²) in [6.45, 7) is 3.32. The van der Waals surface area contributed by atoms with Crippen molar-refractivity contribution in [1.82, 2.24) is 0 Å². The van der Waals surface area contributed by atoms with Gasteiger partial charge in [0.1, 0.15) is 0 Å². The maximum Gasteiger partial charge on any atom is 0.380 e. The lowest BCUT2D eigenvalue weighted by Gasteiger charge is -2.47. The van der Waals surface area contributed by atoms with Crippen LogP contribution in [0.4, 0.5) is 26.3 Å². The molecule has 4 aliphatic rings. The maximum absolute atomic E-state index is 15.4. The summed E-state index contributed by atoms with van der Waals surface area (Å²) in [5.74, 6) is -15.7. The molecule has 2 atom stereocenters. The molecular formula is C27H16Cl2F6S2. The molecule has 2 aromatic carbocycles. The molecule has 0 bridgehead atoms. The zero-order valence-corrected chi connectivity index (χ0v) is 22.3. The fraction of sp³-hybridized carbons (Fsp3) is 0.259. The molecule has 0 saturated heterocycles. The standard InChI is InChI=1S/C27H16Cl2F6S2/c1-23-17(11-19(36-23)13-3-7-15(28)8-4-13)21-22(26(32,33)27(34,35)25(21,30)31)18-12-20(37-24(18,23)2)14-5-9-16(29)10-6-14/h3-12H,1-2H3. The van der Waals surface area contributed by atoms with Gasteiger partial charge < -0.3 is 0 Å². The zero-order chi connectivity index (χ0) is 26.8. The van der Waals surface area contributed by atoms with Crippen LogP contribution in [-0.2, 0) is 0 Å². The fourth-order valence-electron chi connectivity index (χ4n) is 5.42. The first kappa shape index (κ1) is 25.5. The molecule has 0 radical (unpaired) electrons. The lowest BCUT2D eigenvalue weighted by Crippen LogP contribution is -2.48. The van der Waals surface area contributed by atoms with Gasteiger partial charge in [0.05, 0.1) is 9.49 Å². The lowest BCUT2D eigenvalue weighted by atomic mass is 9.71. The van der Waals surface area contributed by atoms with Crippen LogP contribution in [-0.4, -0.2) is 27.3 Å². The van der Waals surface area contributed by atoms with E-state index in [0.29, 0.717) is 31.0 Å². The van der Waals surface area contributed by atoms with Gasteiger partial charge in [-0.25, -0.2) is 0 Å². The molecule has 0 spiro atoms. The monoisotopic (exact) mass is 588 g/mol. The van der Waals surface area contributed by atoms with Crippen LogP contribution >= 0.6 is 46.7 Å². The van der Waals surface area contributed by atoms with Gasteiger partial charge in [-0.3, -0.25) is 0 Å². The Bertz CT molecular complexity index is 1380. The van der Waals surface area contributed by atoms with Crippen LogP contribution in [0.15, 0.2) is 83.0 Å². The second-order valence-corrected chi connectivity index (χ2v) is 13.4. The van der Waals surface area contributed by atoms with E-state index >= 15 is 17.6 Å². The predicted octanol–water partition coefficient (Wildman–Crippen LogP) is 9.91. The summed E-state index contributed by atoms with van der Waals surface area (Å²) in [6.07, 6.45) is 2.72. The molecule has 1 fully saturated rings. The number of fused-ring (bicyclic) bond motifs is 4. The number of alkyl halides is 6. The predicted molar refractivity (Wildman–Crippen MR) is 140 cm³/mol. The van der Waals surface area contributed by atoms with Gasteiger partial charge in [-0.05, 0) is 72.5 Å². The van der Waals surface area contributed by atoms with Crippen LogP contribution in [0.1, 0.15) is 25.0 Å². The van der Waals surface area contributed by atoms with E-state index in [1.165, 1.54) is 35.7 Å². The van der Waals surface area contributed by atoms with Gasteiger partial charge in [0.2, 0.25) is 0 Å². The van der Waals surface area contributed by atoms with Crippen LogP contribution in [0.3, 0.4) is 0 Å². The third-order valence-electron chi connectivity index (χ3n) is 7.58. The van der Waals surface area contributed by atoms with Gasteiger partial charge in [-0.1, -0.05) is 47.5 Å². The molecule has 0 nitrogen and oxygen atoms in total. The molecule has 0 aromatic heterocycles. The first-order valence-corrected chi connectivity index (χ1v) is 13.5. The van der Waals surface area contributed by atoms with Gasteiger partial charge >= 0.3 is 17.8 Å². The van der Waals surface area contributed by atoms with E-state index in [1.807, 2.05) is 0 Å². The van der Waals surface area contributed by atoms with E-state index in [0.717, 1.165) is 0 Å². The average molecular weight is 589 g/mol. The van der Waals surface area contributed by atoms with Crippen LogP contribution in [0.2, 0.25) is 10.0 Å². The third-order valence-corrected chi connectivity index (χ3v) is 11.4. The average Bonchev–Trinajstić information content (AvgIpc) is 3.40. The fourth-order valence-corrected chi connectivity index (χ4v) is 8.82. The quantitative estimate of drug-likeness (QED) is 0.320. The van der Waals surface area contributed by atoms with Crippen LogP contribution in [0.25, 0.3) is 9.81 Å². The lowest BCUT2D eigenvalue weighted by molar-refractivity contribution is -0.258. The molecule has 6 rings (SSSR count). The van der Waals surface area contributed by atoms with Gasteiger partial charge in [0.25, 0.3) is 0 Å². The van der Waals surface area contributed by atoms with Gasteiger partial charge in [0.15, 0.2) is 0 Å². The minimum absolute atomic E-state index is 0.205. The largest absolute Gasteiger partial charge is 0.380 e. The van der Waals surface area contributed by atoms with E-state index in [-0.39, 0.29) is 11.1 Å². The Morgan fingerprint density at radius 1 is 0.568 bits per heavy atom. The van der Waals surface area contributed by atoms with E-state index in [9.17, 15) is 8.78 Å². The van der Waals surface area contributed by atoms with Gasteiger partial charge in [-0.2, -0.15) is 26.3 Å². The highest BCUT2D eigenvalue weighted by Gasteiger charge is 2.84. The molecule has 0 amide bonds. The molecule has 37 heavy (non-hydrogen) atoms.